The summed E-state index contributed by atoms with van der Waals surface area (Å²) in [6.07, 6.45) is 0.265. The Morgan fingerprint density at radius 3 is 2.32 bits per heavy atom. The molecule has 1 unspecified atom stereocenters. The molecule has 0 fully saturated rings. The van der Waals surface area contributed by atoms with Gasteiger partial charge in [-0.2, -0.15) is 0 Å². The Kier molecular flexibility index (Phi) is 7.57. The van der Waals surface area contributed by atoms with Crippen molar-refractivity contribution in [1.82, 2.24) is 10.0 Å². The van der Waals surface area contributed by atoms with Gasteiger partial charge in [0.2, 0.25) is 15.9 Å². The van der Waals surface area contributed by atoms with Gasteiger partial charge in [-0.1, -0.05) is 6.92 Å². The van der Waals surface area contributed by atoms with Crippen molar-refractivity contribution in [2.45, 2.75) is 38.8 Å². The van der Waals surface area contributed by atoms with Crippen LogP contribution in [0.15, 0.2) is 0 Å². The molecular weight excluding hydrogens is 276 g/mol. The minimum Gasteiger partial charge on any atom is -0.480 e. The number of hydrogen-bond donors (Lipinski definition) is 4. The summed E-state index contributed by atoms with van der Waals surface area (Å²) in [4.78, 5) is 22.4. The number of aliphatic hydroxyl groups is 1. The highest BCUT2D eigenvalue weighted by Gasteiger charge is 2.24. The number of amides is 1. The molecule has 0 aliphatic rings. The van der Waals surface area contributed by atoms with Gasteiger partial charge in [0, 0.05) is 13.0 Å². The van der Waals surface area contributed by atoms with Crippen LogP contribution in [0.5, 0.6) is 0 Å². The molecule has 0 saturated carbocycles. The number of carbonyl (C=O) groups excluding carboxylic acids is 1. The van der Waals surface area contributed by atoms with E-state index in [1.807, 2.05) is 0 Å². The number of carbonyl (C=O) groups is 2. The molecule has 1 amide bonds. The van der Waals surface area contributed by atoms with Gasteiger partial charge in [-0.05, 0) is 13.3 Å². The van der Waals surface area contributed by atoms with Crippen LogP contribution in [0, 0.1) is 0 Å². The summed E-state index contributed by atoms with van der Waals surface area (Å²) in [7, 11) is -3.55. The summed E-state index contributed by atoms with van der Waals surface area (Å²) >= 11 is 0. The SMILES string of the molecule is CCCS(=O)(=O)NC(C)C(=O)N[C@H](CCO)C(=O)O. The van der Waals surface area contributed by atoms with E-state index in [4.69, 9.17) is 10.2 Å². The molecule has 0 radical (unpaired) electrons. The highest BCUT2D eigenvalue weighted by atomic mass is 32.2. The highest BCUT2D eigenvalue weighted by molar-refractivity contribution is 7.89. The van der Waals surface area contributed by atoms with Gasteiger partial charge in [0.1, 0.15) is 6.04 Å². The van der Waals surface area contributed by atoms with E-state index in [0.717, 1.165) is 0 Å². The lowest BCUT2D eigenvalue weighted by molar-refractivity contribution is -0.142. The van der Waals surface area contributed by atoms with Gasteiger partial charge in [0.25, 0.3) is 0 Å². The Hall–Kier alpha value is -1.19. The second-order valence-electron chi connectivity index (χ2n) is 4.07. The average molecular weight is 296 g/mol. The monoisotopic (exact) mass is 296 g/mol. The predicted molar refractivity (Wildman–Crippen MR) is 67.9 cm³/mol. The van der Waals surface area contributed by atoms with Crippen LogP contribution in [-0.2, 0) is 19.6 Å². The lowest BCUT2D eigenvalue weighted by atomic mass is 10.2. The van der Waals surface area contributed by atoms with Crippen molar-refractivity contribution in [2.24, 2.45) is 0 Å². The van der Waals surface area contributed by atoms with Crippen LogP contribution in [0.2, 0.25) is 0 Å². The fourth-order valence-electron chi connectivity index (χ4n) is 1.33. The van der Waals surface area contributed by atoms with Gasteiger partial charge in [0.15, 0.2) is 0 Å². The predicted octanol–water partition coefficient (Wildman–Crippen LogP) is -1.34. The molecule has 0 bridgehead atoms. The van der Waals surface area contributed by atoms with Crippen LogP contribution in [0.3, 0.4) is 0 Å². The van der Waals surface area contributed by atoms with E-state index in [0.29, 0.717) is 6.42 Å². The van der Waals surface area contributed by atoms with Crippen LogP contribution in [0.4, 0.5) is 0 Å². The van der Waals surface area contributed by atoms with Crippen LogP contribution >= 0.6 is 0 Å². The first-order valence-electron chi connectivity index (χ1n) is 5.87. The Morgan fingerprint density at radius 2 is 1.89 bits per heavy atom. The van der Waals surface area contributed by atoms with E-state index in [-0.39, 0.29) is 12.2 Å². The first-order valence-corrected chi connectivity index (χ1v) is 7.52. The number of aliphatic hydroxyl groups excluding tert-OH is 1. The van der Waals surface area contributed by atoms with Crippen LogP contribution in [-0.4, -0.2) is 55.0 Å². The minimum absolute atomic E-state index is 0.108. The first kappa shape index (κ1) is 17.8. The molecular formula is C10H20N2O6S. The van der Waals surface area contributed by atoms with Gasteiger partial charge in [-0.25, -0.2) is 17.9 Å². The van der Waals surface area contributed by atoms with Crippen LogP contribution in [0.1, 0.15) is 26.7 Å². The van der Waals surface area contributed by atoms with Crippen LogP contribution < -0.4 is 10.0 Å². The number of carboxylic acids is 1. The highest BCUT2D eigenvalue weighted by Crippen LogP contribution is 1.96. The Morgan fingerprint density at radius 1 is 1.32 bits per heavy atom. The zero-order chi connectivity index (χ0) is 15.1. The number of carboxylic acid groups (broad SMARTS) is 1. The molecule has 112 valence electrons. The second-order valence-corrected chi connectivity index (χ2v) is 5.94. The van der Waals surface area contributed by atoms with Crippen molar-refractivity contribution in [3.63, 3.8) is 0 Å². The number of rotatable bonds is 9. The smallest absolute Gasteiger partial charge is 0.326 e. The van der Waals surface area contributed by atoms with E-state index in [9.17, 15) is 18.0 Å². The fraction of sp³-hybridized carbons (Fsp3) is 0.800. The molecule has 2 atom stereocenters. The topological polar surface area (TPSA) is 133 Å². The molecule has 19 heavy (non-hydrogen) atoms. The summed E-state index contributed by atoms with van der Waals surface area (Å²) in [5.74, 6) is -2.14. The fourth-order valence-corrected chi connectivity index (χ4v) is 2.63. The standard InChI is InChI=1S/C10H20N2O6S/c1-3-6-19(17,18)12-7(2)9(14)11-8(4-5-13)10(15)16/h7-8,12-13H,3-6H2,1-2H3,(H,11,14)(H,15,16)/t7?,8-/m1/s1. The zero-order valence-electron chi connectivity index (χ0n) is 10.9. The molecule has 0 aromatic rings. The summed E-state index contributed by atoms with van der Waals surface area (Å²) < 4.78 is 25.0. The third kappa shape index (κ3) is 7.09. The lowest BCUT2D eigenvalue weighted by Gasteiger charge is -2.18. The van der Waals surface area contributed by atoms with Crippen molar-refractivity contribution < 1.29 is 28.2 Å². The molecule has 9 heteroatoms. The molecule has 0 aromatic carbocycles. The van der Waals surface area contributed by atoms with Gasteiger partial charge in [-0.3, -0.25) is 4.79 Å². The van der Waals surface area contributed by atoms with Gasteiger partial charge in [0.05, 0.1) is 11.8 Å². The summed E-state index contributed by atoms with van der Waals surface area (Å²) in [6.45, 7) is 2.61. The van der Waals surface area contributed by atoms with E-state index >= 15 is 0 Å². The van der Waals surface area contributed by atoms with E-state index in [2.05, 4.69) is 10.0 Å². The van der Waals surface area contributed by atoms with Crippen molar-refractivity contribution in [3.8, 4) is 0 Å². The van der Waals surface area contributed by atoms with Gasteiger partial charge in [-0.15, -0.1) is 0 Å². The molecule has 0 aromatic heterocycles. The van der Waals surface area contributed by atoms with Gasteiger partial charge < -0.3 is 15.5 Å². The van der Waals surface area contributed by atoms with Crippen molar-refractivity contribution in [1.29, 1.82) is 0 Å². The molecule has 0 aliphatic heterocycles. The largest absolute Gasteiger partial charge is 0.480 e. The number of nitrogens with one attached hydrogen (secondary N) is 2. The third-order valence-corrected chi connectivity index (χ3v) is 3.91. The molecule has 0 aliphatic carbocycles. The maximum absolute atomic E-state index is 11.6. The molecule has 4 N–H and O–H groups in total. The van der Waals surface area contributed by atoms with Crippen molar-refractivity contribution in [3.05, 3.63) is 0 Å². The summed E-state index contributed by atoms with van der Waals surface area (Å²) in [5.41, 5.74) is 0. The summed E-state index contributed by atoms with van der Waals surface area (Å²) in [6, 6.07) is -2.31. The van der Waals surface area contributed by atoms with E-state index in [1.54, 1.807) is 6.92 Å². The summed E-state index contributed by atoms with van der Waals surface area (Å²) in [5, 5.41) is 19.6. The molecule has 0 heterocycles. The Bertz CT molecular complexity index is 408. The molecule has 8 nitrogen and oxygen atoms in total. The van der Waals surface area contributed by atoms with Gasteiger partial charge >= 0.3 is 5.97 Å². The molecule has 0 spiro atoms. The first-order chi connectivity index (χ1) is 8.73. The molecule has 0 rings (SSSR count). The van der Waals surface area contributed by atoms with E-state index < -0.39 is 40.6 Å². The Balaban J connectivity index is 4.52. The lowest BCUT2D eigenvalue weighted by Crippen LogP contribution is -2.50. The number of hydrogen-bond acceptors (Lipinski definition) is 5. The maximum atomic E-state index is 11.6. The average Bonchev–Trinajstić information content (AvgIpc) is 2.27. The molecule has 0 saturated heterocycles. The zero-order valence-corrected chi connectivity index (χ0v) is 11.7. The Labute approximate surface area is 112 Å². The van der Waals surface area contributed by atoms with Crippen LogP contribution in [0.25, 0.3) is 0 Å². The normalized spacial score (nSPS) is 14.7. The van der Waals surface area contributed by atoms with E-state index in [1.165, 1.54) is 6.92 Å². The number of aliphatic carboxylic acids is 1. The number of sulfonamides is 1. The second kappa shape index (κ2) is 8.08. The quantitative estimate of drug-likeness (QED) is 0.416. The minimum atomic E-state index is -3.55. The van der Waals surface area contributed by atoms with Crippen molar-refractivity contribution in [2.75, 3.05) is 12.4 Å². The maximum Gasteiger partial charge on any atom is 0.326 e. The van der Waals surface area contributed by atoms with Crippen molar-refractivity contribution >= 4 is 21.9 Å². The third-order valence-electron chi connectivity index (χ3n) is 2.25.